The summed E-state index contributed by atoms with van der Waals surface area (Å²) in [6.45, 7) is 0. The number of carbonyl (C=O) groups excluding carboxylic acids is 3. The number of rotatable bonds is 4. The van der Waals surface area contributed by atoms with E-state index >= 15 is 0 Å². The first-order valence-corrected chi connectivity index (χ1v) is 11.0. The highest BCUT2D eigenvalue weighted by atomic mass is 32.2. The molecule has 0 fully saturated rings. The third-order valence-electron chi connectivity index (χ3n) is 5.34. The number of hydrogen-bond acceptors (Lipinski definition) is 4. The van der Waals surface area contributed by atoms with Crippen molar-refractivity contribution in [1.82, 2.24) is 0 Å². The van der Waals surface area contributed by atoms with E-state index in [1.165, 1.54) is 42.1 Å². The molecule has 5 rings (SSSR count). The van der Waals surface area contributed by atoms with E-state index in [0.29, 0.717) is 21.7 Å². The van der Waals surface area contributed by atoms with Gasteiger partial charge in [0.1, 0.15) is 5.82 Å². The van der Waals surface area contributed by atoms with Crippen LogP contribution in [0.5, 0.6) is 0 Å². The van der Waals surface area contributed by atoms with Gasteiger partial charge >= 0.3 is 0 Å². The fourth-order valence-corrected chi connectivity index (χ4v) is 4.92. The van der Waals surface area contributed by atoms with Crippen LogP contribution in [0.25, 0.3) is 0 Å². The normalized spacial score (nSPS) is 12.2. The minimum absolute atomic E-state index is 0.208. The number of hydrogen-bond donors (Lipinski definition) is 1. The van der Waals surface area contributed by atoms with Crippen molar-refractivity contribution in [3.63, 3.8) is 0 Å². The highest BCUT2D eigenvalue weighted by Crippen LogP contribution is 2.39. The Kier molecular flexibility index (Phi) is 5.36. The lowest BCUT2D eigenvalue weighted by Crippen LogP contribution is -2.24. The molecule has 0 saturated carbocycles. The Morgan fingerprint density at radius 1 is 0.727 bits per heavy atom. The lowest BCUT2D eigenvalue weighted by Gasteiger charge is -2.22. The molecule has 0 spiro atoms. The van der Waals surface area contributed by atoms with Crippen molar-refractivity contribution in [3.8, 4) is 0 Å². The number of amides is 1. The summed E-state index contributed by atoms with van der Waals surface area (Å²) < 4.78 is 13.6. The first kappa shape index (κ1) is 20.8. The van der Waals surface area contributed by atoms with Crippen molar-refractivity contribution in [2.45, 2.75) is 9.79 Å². The summed E-state index contributed by atoms with van der Waals surface area (Å²) >= 11 is 1.24. The molecule has 33 heavy (non-hydrogen) atoms. The maximum atomic E-state index is 13.6. The van der Waals surface area contributed by atoms with E-state index in [2.05, 4.69) is 5.32 Å². The van der Waals surface area contributed by atoms with E-state index in [4.69, 9.17) is 0 Å². The molecule has 0 bridgehead atoms. The van der Waals surface area contributed by atoms with Gasteiger partial charge in [0.25, 0.3) is 5.91 Å². The van der Waals surface area contributed by atoms with E-state index in [1.54, 1.807) is 30.3 Å². The van der Waals surface area contributed by atoms with Gasteiger partial charge in [-0.3, -0.25) is 14.4 Å². The molecule has 160 valence electrons. The second kappa shape index (κ2) is 8.48. The Morgan fingerprint density at radius 3 is 2.15 bits per heavy atom. The zero-order valence-corrected chi connectivity index (χ0v) is 18.0. The molecular formula is C27H16FNO3S. The van der Waals surface area contributed by atoms with Crippen LogP contribution in [0.3, 0.4) is 0 Å². The van der Waals surface area contributed by atoms with Gasteiger partial charge in [-0.15, -0.1) is 0 Å². The molecule has 0 unspecified atom stereocenters. The molecule has 0 aromatic heterocycles. The van der Waals surface area contributed by atoms with E-state index < -0.39 is 11.7 Å². The maximum Gasteiger partial charge on any atom is 0.256 e. The molecule has 0 saturated heterocycles. The lowest BCUT2D eigenvalue weighted by molar-refractivity contribution is 0.0975. The number of anilines is 1. The highest BCUT2D eigenvalue weighted by Gasteiger charge is 2.34. The first-order valence-electron chi connectivity index (χ1n) is 10.2. The third kappa shape index (κ3) is 3.85. The van der Waals surface area contributed by atoms with Gasteiger partial charge in [0.2, 0.25) is 0 Å². The van der Waals surface area contributed by atoms with Crippen LogP contribution in [0, 0.1) is 5.82 Å². The second-order valence-electron chi connectivity index (χ2n) is 7.45. The van der Waals surface area contributed by atoms with E-state index in [-0.39, 0.29) is 28.3 Å². The van der Waals surface area contributed by atoms with E-state index in [1.807, 2.05) is 30.3 Å². The molecule has 1 aliphatic carbocycles. The summed E-state index contributed by atoms with van der Waals surface area (Å²) in [4.78, 5) is 41.1. The fourth-order valence-electron chi connectivity index (χ4n) is 3.81. The van der Waals surface area contributed by atoms with Crippen molar-refractivity contribution in [2.75, 3.05) is 5.32 Å². The Hall–Kier alpha value is -4.03. The molecule has 1 N–H and O–H groups in total. The van der Waals surface area contributed by atoms with Gasteiger partial charge in [-0.1, -0.05) is 60.3 Å². The zero-order valence-electron chi connectivity index (χ0n) is 17.2. The van der Waals surface area contributed by atoms with E-state index in [9.17, 15) is 18.8 Å². The van der Waals surface area contributed by atoms with Gasteiger partial charge in [-0.25, -0.2) is 4.39 Å². The summed E-state index contributed by atoms with van der Waals surface area (Å²) in [5, 5.41) is 2.69. The van der Waals surface area contributed by atoms with Crippen molar-refractivity contribution >= 4 is 34.9 Å². The monoisotopic (exact) mass is 453 g/mol. The van der Waals surface area contributed by atoms with Gasteiger partial charge in [0.05, 0.1) is 5.56 Å². The molecule has 1 aliphatic rings. The van der Waals surface area contributed by atoms with Crippen LogP contribution in [0.4, 0.5) is 10.1 Å². The number of nitrogens with one attached hydrogen (secondary N) is 1. The summed E-state index contributed by atoms with van der Waals surface area (Å²) in [6.07, 6.45) is 0. The number of halogens is 1. The predicted molar refractivity (Wildman–Crippen MR) is 125 cm³/mol. The Morgan fingerprint density at radius 2 is 1.42 bits per heavy atom. The molecule has 4 nitrogen and oxygen atoms in total. The molecule has 0 atom stereocenters. The van der Waals surface area contributed by atoms with Crippen molar-refractivity contribution in [1.29, 1.82) is 0 Å². The van der Waals surface area contributed by atoms with Crippen molar-refractivity contribution in [3.05, 3.63) is 125 Å². The van der Waals surface area contributed by atoms with Crippen LogP contribution in [-0.4, -0.2) is 17.5 Å². The quantitative estimate of drug-likeness (QED) is 0.362. The largest absolute Gasteiger partial charge is 0.322 e. The van der Waals surface area contributed by atoms with Gasteiger partial charge in [0.15, 0.2) is 11.6 Å². The maximum absolute atomic E-state index is 13.6. The predicted octanol–water partition coefficient (Wildman–Crippen LogP) is 6.00. The standard InChI is InChI=1S/C27H16FNO3S/c28-16-7-6-8-17(15-16)29-27(32)22-14-13-21-23(26(22)33-18-9-2-1-3-10-18)25(31)20-12-5-4-11-19(20)24(21)30/h1-15H,(H,29,32). The Bertz CT molecular complexity index is 1430. The zero-order chi connectivity index (χ0) is 22.9. The topological polar surface area (TPSA) is 63.2 Å². The van der Waals surface area contributed by atoms with Gasteiger partial charge in [-0.2, -0.15) is 0 Å². The van der Waals surface area contributed by atoms with Gasteiger partial charge < -0.3 is 5.32 Å². The van der Waals surface area contributed by atoms with Gasteiger partial charge in [0, 0.05) is 37.7 Å². The molecule has 0 heterocycles. The first-order chi connectivity index (χ1) is 16.0. The summed E-state index contributed by atoms with van der Waals surface area (Å²) in [7, 11) is 0. The third-order valence-corrected chi connectivity index (χ3v) is 6.47. The second-order valence-corrected chi connectivity index (χ2v) is 8.53. The lowest BCUT2D eigenvalue weighted by atomic mass is 9.83. The molecule has 0 radical (unpaired) electrons. The average molecular weight is 453 g/mol. The van der Waals surface area contributed by atoms with Crippen molar-refractivity contribution < 1.29 is 18.8 Å². The van der Waals surface area contributed by atoms with Crippen LogP contribution in [-0.2, 0) is 0 Å². The molecule has 1 amide bonds. The number of fused-ring (bicyclic) bond motifs is 2. The summed E-state index contributed by atoms with van der Waals surface area (Å²) in [5.74, 6) is -1.54. The van der Waals surface area contributed by atoms with Crippen LogP contribution < -0.4 is 5.32 Å². The molecular weight excluding hydrogens is 437 g/mol. The molecule has 4 aromatic carbocycles. The van der Waals surface area contributed by atoms with E-state index in [0.717, 1.165) is 4.90 Å². The van der Waals surface area contributed by atoms with Crippen molar-refractivity contribution in [2.24, 2.45) is 0 Å². The van der Waals surface area contributed by atoms with Crippen LogP contribution >= 0.6 is 11.8 Å². The van der Waals surface area contributed by atoms with Crippen LogP contribution in [0.1, 0.15) is 42.2 Å². The minimum Gasteiger partial charge on any atom is -0.322 e. The number of benzene rings is 4. The SMILES string of the molecule is O=C(Nc1cccc(F)c1)c1ccc2c(c1Sc1ccccc1)C(=O)c1ccccc1C2=O. The number of ketones is 2. The summed E-state index contributed by atoms with van der Waals surface area (Å²) in [6, 6.07) is 24.6. The number of carbonyl (C=O) groups is 3. The van der Waals surface area contributed by atoms with Crippen LogP contribution in [0.2, 0.25) is 0 Å². The molecule has 4 aromatic rings. The molecule has 6 heteroatoms. The Balaban J connectivity index is 1.66. The average Bonchev–Trinajstić information content (AvgIpc) is 2.83. The summed E-state index contributed by atoms with van der Waals surface area (Å²) in [5.41, 5.74) is 1.66. The highest BCUT2D eigenvalue weighted by molar-refractivity contribution is 7.99. The smallest absolute Gasteiger partial charge is 0.256 e. The molecule has 0 aliphatic heterocycles. The van der Waals surface area contributed by atoms with Gasteiger partial charge in [-0.05, 0) is 42.5 Å². The van der Waals surface area contributed by atoms with Crippen LogP contribution in [0.15, 0.2) is 101 Å². The minimum atomic E-state index is -0.499. The fraction of sp³-hybridized carbons (Fsp3) is 0. The Labute approximate surface area is 193 Å².